The van der Waals surface area contributed by atoms with Gasteiger partial charge in [-0.25, -0.2) is 0 Å². The second-order valence-corrected chi connectivity index (χ2v) is 5.65. The Labute approximate surface area is 101 Å². The highest BCUT2D eigenvalue weighted by atomic mass is 35.5. The molecule has 1 rings (SSSR count). The standard InChI is InChI=1S/C8H8Cl2N2O2S/c1-8(2,7(13)14)15-4-3-5(9)11-12-6(4)10/h3H,1-2H3,(H,13,14). The van der Waals surface area contributed by atoms with E-state index in [0.29, 0.717) is 4.90 Å². The van der Waals surface area contributed by atoms with Crippen LogP contribution in [0.25, 0.3) is 0 Å². The number of aliphatic carboxylic acids is 1. The fourth-order valence-electron chi connectivity index (χ4n) is 0.728. The fourth-order valence-corrected chi connectivity index (χ4v) is 2.08. The highest BCUT2D eigenvalue weighted by Crippen LogP contribution is 2.36. The van der Waals surface area contributed by atoms with Gasteiger partial charge in [0.15, 0.2) is 10.3 Å². The van der Waals surface area contributed by atoms with Gasteiger partial charge in [0.25, 0.3) is 0 Å². The van der Waals surface area contributed by atoms with Crippen molar-refractivity contribution in [1.82, 2.24) is 10.2 Å². The van der Waals surface area contributed by atoms with E-state index >= 15 is 0 Å². The van der Waals surface area contributed by atoms with Crippen LogP contribution in [0.4, 0.5) is 0 Å². The molecule has 0 amide bonds. The van der Waals surface area contributed by atoms with Crippen LogP contribution in [0.15, 0.2) is 11.0 Å². The Morgan fingerprint density at radius 1 is 1.47 bits per heavy atom. The zero-order chi connectivity index (χ0) is 11.6. The first-order chi connectivity index (χ1) is 6.83. The van der Waals surface area contributed by atoms with Gasteiger partial charge < -0.3 is 5.11 Å². The highest BCUT2D eigenvalue weighted by molar-refractivity contribution is 8.01. The number of rotatable bonds is 3. The number of nitrogens with zero attached hydrogens (tertiary/aromatic N) is 2. The molecule has 1 aromatic rings. The van der Waals surface area contributed by atoms with E-state index in [1.54, 1.807) is 13.8 Å². The zero-order valence-electron chi connectivity index (χ0n) is 7.99. The molecule has 0 unspecified atom stereocenters. The summed E-state index contributed by atoms with van der Waals surface area (Å²) in [6.45, 7) is 3.15. The molecule has 0 bridgehead atoms. The third kappa shape index (κ3) is 3.22. The van der Waals surface area contributed by atoms with E-state index in [4.69, 9.17) is 28.3 Å². The maximum Gasteiger partial charge on any atom is 0.319 e. The van der Waals surface area contributed by atoms with Gasteiger partial charge >= 0.3 is 5.97 Å². The molecule has 0 spiro atoms. The molecule has 1 N–H and O–H groups in total. The Bertz CT molecular complexity index is 398. The lowest BCUT2D eigenvalue weighted by Gasteiger charge is -2.18. The number of thioether (sulfide) groups is 1. The summed E-state index contributed by atoms with van der Waals surface area (Å²) in [4.78, 5) is 11.4. The van der Waals surface area contributed by atoms with Crippen LogP contribution in [0, 0.1) is 0 Å². The van der Waals surface area contributed by atoms with Gasteiger partial charge in [-0.2, -0.15) is 0 Å². The van der Waals surface area contributed by atoms with E-state index in [0.717, 1.165) is 11.8 Å². The SMILES string of the molecule is CC(C)(Sc1cc(Cl)nnc1Cl)C(=O)O. The van der Waals surface area contributed by atoms with Crippen LogP contribution in [-0.4, -0.2) is 26.0 Å². The number of hydrogen-bond acceptors (Lipinski definition) is 4. The Kier molecular flexibility index (Phi) is 3.81. The van der Waals surface area contributed by atoms with Crippen molar-refractivity contribution >= 4 is 40.9 Å². The minimum absolute atomic E-state index is 0.152. The third-order valence-corrected chi connectivity index (χ3v) is 3.36. The second kappa shape index (κ2) is 4.55. The van der Waals surface area contributed by atoms with Crippen molar-refractivity contribution in [3.05, 3.63) is 16.4 Å². The van der Waals surface area contributed by atoms with Crippen molar-refractivity contribution in [2.45, 2.75) is 23.5 Å². The molecule has 0 saturated heterocycles. The van der Waals surface area contributed by atoms with Gasteiger partial charge in [0.05, 0.1) is 4.90 Å². The minimum atomic E-state index is -0.990. The van der Waals surface area contributed by atoms with E-state index in [1.807, 2.05) is 0 Å². The Hall–Kier alpha value is -0.520. The minimum Gasteiger partial charge on any atom is -0.480 e. The Morgan fingerprint density at radius 3 is 2.60 bits per heavy atom. The Balaban J connectivity index is 2.99. The zero-order valence-corrected chi connectivity index (χ0v) is 10.3. The smallest absolute Gasteiger partial charge is 0.319 e. The van der Waals surface area contributed by atoms with Gasteiger partial charge in [-0.3, -0.25) is 4.79 Å². The quantitative estimate of drug-likeness (QED) is 0.853. The van der Waals surface area contributed by atoms with Gasteiger partial charge in [-0.1, -0.05) is 23.2 Å². The molecule has 1 aromatic heterocycles. The van der Waals surface area contributed by atoms with Crippen molar-refractivity contribution in [2.75, 3.05) is 0 Å². The lowest BCUT2D eigenvalue weighted by molar-refractivity contribution is -0.138. The molecule has 82 valence electrons. The fraction of sp³-hybridized carbons (Fsp3) is 0.375. The van der Waals surface area contributed by atoms with E-state index in [1.165, 1.54) is 6.07 Å². The number of carboxylic acid groups (broad SMARTS) is 1. The van der Waals surface area contributed by atoms with Crippen LogP contribution < -0.4 is 0 Å². The Morgan fingerprint density at radius 2 is 2.07 bits per heavy atom. The molecule has 4 nitrogen and oxygen atoms in total. The average molecular weight is 267 g/mol. The van der Waals surface area contributed by atoms with Crippen LogP contribution in [-0.2, 0) is 4.79 Å². The maximum absolute atomic E-state index is 10.9. The summed E-state index contributed by atoms with van der Waals surface area (Å²) in [7, 11) is 0. The molecule has 15 heavy (non-hydrogen) atoms. The van der Waals surface area contributed by atoms with E-state index < -0.39 is 10.7 Å². The number of carboxylic acids is 1. The number of halogens is 2. The van der Waals surface area contributed by atoms with Crippen molar-refractivity contribution in [3.63, 3.8) is 0 Å². The monoisotopic (exact) mass is 266 g/mol. The molecule has 7 heteroatoms. The first-order valence-electron chi connectivity index (χ1n) is 3.94. The second-order valence-electron chi connectivity index (χ2n) is 3.24. The molecule has 0 atom stereocenters. The molecular weight excluding hydrogens is 259 g/mol. The summed E-state index contributed by atoms with van der Waals surface area (Å²) in [6.07, 6.45) is 0. The van der Waals surface area contributed by atoms with Gasteiger partial charge in [0.1, 0.15) is 4.75 Å². The average Bonchev–Trinajstić information content (AvgIpc) is 2.10. The van der Waals surface area contributed by atoms with E-state index in [2.05, 4.69) is 10.2 Å². The first-order valence-corrected chi connectivity index (χ1v) is 5.51. The molecule has 0 aliphatic carbocycles. The summed E-state index contributed by atoms with van der Waals surface area (Å²) in [5, 5.41) is 16.4. The topological polar surface area (TPSA) is 63.1 Å². The first kappa shape index (κ1) is 12.5. The summed E-state index contributed by atoms with van der Waals surface area (Å²) in [5.74, 6) is -0.934. The normalized spacial score (nSPS) is 11.5. The predicted molar refractivity (Wildman–Crippen MR) is 59.6 cm³/mol. The van der Waals surface area contributed by atoms with Gasteiger partial charge in [-0.05, 0) is 19.9 Å². The van der Waals surface area contributed by atoms with Gasteiger partial charge in [0.2, 0.25) is 0 Å². The molecule has 0 radical (unpaired) electrons. The molecule has 1 heterocycles. The number of carbonyl (C=O) groups is 1. The third-order valence-electron chi connectivity index (χ3n) is 1.57. The van der Waals surface area contributed by atoms with Gasteiger partial charge in [0, 0.05) is 0 Å². The molecule has 0 aliphatic heterocycles. The van der Waals surface area contributed by atoms with Crippen LogP contribution >= 0.6 is 35.0 Å². The van der Waals surface area contributed by atoms with Crippen LogP contribution in [0.3, 0.4) is 0 Å². The van der Waals surface area contributed by atoms with Crippen molar-refractivity contribution < 1.29 is 9.90 Å². The summed E-state index contributed by atoms with van der Waals surface area (Å²) in [6, 6.07) is 1.49. The molecule has 0 fully saturated rings. The molecule has 0 aliphatic rings. The summed E-state index contributed by atoms with van der Waals surface area (Å²) in [5.41, 5.74) is 0. The molecule has 0 aromatic carbocycles. The van der Waals surface area contributed by atoms with Gasteiger partial charge in [-0.15, -0.1) is 22.0 Å². The van der Waals surface area contributed by atoms with Crippen molar-refractivity contribution in [3.8, 4) is 0 Å². The highest BCUT2D eigenvalue weighted by Gasteiger charge is 2.29. The van der Waals surface area contributed by atoms with E-state index in [9.17, 15) is 4.79 Å². The van der Waals surface area contributed by atoms with Crippen molar-refractivity contribution in [2.24, 2.45) is 0 Å². The van der Waals surface area contributed by atoms with E-state index in [-0.39, 0.29) is 10.3 Å². The summed E-state index contributed by atoms with van der Waals surface area (Å²) >= 11 is 12.5. The maximum atomic E-state index is 10.9. The van der Waals surface area contributed by atoms with Crippen LogP contribution in [0.1, 0.15) is 13.8 Å². The predicted octanol–water partition coefficient (Wildman–Crippen LogP) is 2.74. The lowest BCUT2D eigenvalue weighted by Crippen LogP contribution is -2.27. The number of aromatic nitrogens is 2. The van der Waals surface area contributed by atoms with Crippen LogP contribution in [0.2, 0.25) is 10.3 Å². The molecular formula is C8H8Cl2N2O2S. The number of hydrogen-bond donors (Lipinski definition) is 1. The van der Waals surface area contributed by atoms with Crippen LogP contribution in [0.5, 0.6) is 0 Å². The molecule has 0 saturated carbocycles. The lowest BCUT2D eigenvalue weighted by atomic mass is 10.2. The van der Waals surface area contributed by atoms with Crippen molar-refractivity contribution in [1.29, 1.82) is 0 Å². The summed E-state index contributed by atoms with van der Waals surface area (Å²) < 4.78 is -0.990. The largest absolute Gasteiger partial charge is 0.480 e.